The van der Waals surface area contributed by atoms with E-state index in [4.69, 9.17) is 0 Å². The molecule has 78 valence electrons. The highest BCUT2D eigenvalue weighted by molar-refractivity contribution is 7.81. The Morgan fingerprint density at radius 2 is 2.43 bits per heavy atom. The molecule has 1 N–H and O–H groups in total. The zero-order valence-electron chi connectivity index (χ0n) is 8.06. The monoisotopic (exact) mass is 231 g/mol. The number of ether oxygens (including phenoxy) is 1. The Bertz CT molecular complexity index is 287. The van der Waals surface area contributed by atoms with Gasteiger partial charge in [0.25, 0.3) is 0 Å². The van der Waals surface area contributed by atoms with E-state index in [1.54, 1.807) is 18.4 Å². The summed E-state index contributed by atoms with van der Waals surface area (Å²) < 4.78 is 4.64. The van der Waals surface area contributed by atoms with Crippen LogP contribution in [0, 0.1) is 0 Å². The number of carbonyl (C=O) groups is 1. The molecule has 1 aromatic rings. The maximum Gasteiger partial charge on any atom is 0.320 e. The third kappa shape index (κ3) is 2.50. The summed E-state index contributed by atoms with van der Waals surface area (Å²) in [5.41, 5.74) is 1.06. The third-order valence-electron chi connectivity index (χ3n) is 1.97. The Kier molecular flexibility index (Phi) is 4.44. The number of carbonyl (C=O) groups excluding carboxylic acids is 1. The fourth-order valence-electron chi connectivity index (χ4n) is 1.22. The molecule has 0 bridgehead atoms. The molecule has 0 aliphatic heterocycles. The van der Waals surface area contributed by atoms with Gasteiger partial charge in [-0.25, -0.2) is 0 Å². The van der Waals surface area contributed by atoms with Gasteiger partial charge in [-0.2, -0.15) is 24.0 Å². The number of hydrogen-bond acceptors (Lipinski definition) is 5. The largest absolute Gasteiger partial charge is 0.468 e. The highest BCUT2D eigenvalue weighted by Crippen LogP contribution is 2.23. The first-order valence-electron chi connectivity index (χ1n) is 4.16. The van der Waals surface area contributed by atoms with Crippen LogP contribution in [0.2, 0.25) is 0 Å². The number of hydrogen-bond donors (Lipinski definition) is 2. The molecule has 0 radical (unpaired) electrons. The summed E-state index contributed by atoms with van der Waals surface area (Å²) in [6.45, 7) is 0. The number of thiophene rings is 1. The van der Waals surface area contributed by atoms with Gasteiger partial charge in [-0.15, -0.1) is 0 Å². The molecular formula is C9H13NO2S2. The standard InChI is InChI=1S/C9H13NO2S2/c1-10-7(6-3-4-14-5-6)8(13)9(11)12-2/h3-5,7-8,10,13H,1-2H3. The maximum atomic E-state index is 11.3. The average Bonchev–Trinajstić information content (AvgIpc) is 2.71. The van der Waals surface area contributed by atoms with Crippen LogP contribution >= 0.6 is 24.0 Å². The van der Waals surface area contributed by atoms with Crippen molar-refractivity contribution in [3.63, 3.8) is 0 Å². The van der Waals surface area contributed by atoms with Crippen molar-refractivity contribution in [3.05, 3.63) is 22.4 Å². The van der Waals surface area contributed by atoms with E-state index in [1.807, 2.05) is 16.8 Å². The maximum absolute atomic E-state index is 11.3. The summed E-state index contributed by atoms with van der Waals surface area (Å²) in [4.78, 5) is 11.3. The SMILES string of the molecule is CNC(c1ccsc1)C(S)C(=O)OC. The fraction of sp³-hybridized carbons (Fsp3) is 0.444. The minimum Gasteiger partial charge on any atom is -0.468 e. The second-order valence-corrected chi connectivity index (χ2v) is 4.13. The number of nitrogens with one attached hydrogen (secondary N) is 1. The zero-order chi connectivity index (χ0) is 10.6. The van der Waals surface area contributed by atoms with E-state index in [9.17, 15) is 4.79 Å². The summed E-state index contributed by atoms with van der Waals surface area (Å²) in [6.07, 6.45) is 0. The van der Waals surface area contributed by atoms with Crippen molar-refractivity contribution in [2.45, 2.75) is 11.3 Å². The molecule has 1 rings (SSSR count). The van der Waals surface area contributed by atoms with Gasteiger partial charge in [-0.3, -0.25) is 4.79 Å². The molecule has 1 aromatic heterocycles. The van der Waals surface area contributed by atoms with E-state index in [1.165, 1.54) is 7.11 Å². The van der Waals surface area contributed by atoms with Crippen LogP contribution in [0.15, 0.2) is 16.8 Å². The molecule has 0 saturated heterocycles. The molecule has 0 spiro atoms. The zero-order valence-corrected chi connectivity index (χ0v) is 9.77. The van der Waals surface area contributed by atoms with Crippen LogP contribution in [0.4, 0.5) is 0 Å². The number of rotatable bonds is 4. The number of methoxy groups -OCH3 is 1. The van der Waals surface area contributed by atoms with Gasteiger partial charge in [-0.1, -0.05) is 0 Å². The van der Waals surface area contributed by atoms with Gasteiger partial charge in [-0.05, 0) is 29.4 Å². The minimum atomic E-state index is -0.473. The first kappa shape index (κ1) is 11.6. The molecule has 0 saturated carbocycles. The van der Waals surface area contributed by atoms with Crippen LogP contribution in [-0.2, 0) is 9.53 Å². The Labute approximate surface area is 92.9 Å². The first-order chi connectivity index (χ1) is 6.70. The summed E-state index contributed by atoms with van der Waals surface area (Å²) >= 11 is 5.83. The summed E-state index contributed by atoms with van der Waals surface area (Å²) in [5, 5.41) is 6.54. The molecule has 0 aliphatic carbocycles. The van der Waals surface area contributed by atoms with Crippen molar-refractivity contribution in [1.82, 2.24) is 5.32 Å². The van der Waals surface area contributed by atoms with Crippen molar-refractivity contribution >= 4 is 29.9 Å². The van der Waals surface area contributed by atoms with Crippen molar-refractivity contribution in [2.24, 2.45) is 0 Å². The van der Waals surface area contributed by atoms with Crippen molar-refractivity contribution < 1.29 is 9.53 Å². The van der Waals surface area contributed by atoms with E-state index in [-0.39, 0.29) is 12.0 Å². The van der Waals surface area contributed by atoms with E-state index in [0.717, 1.165) is 5.56 Å². The van der Waals surface area contributed by atoms with E-state index < -0.39 is 5.25 Å². The van der Waals surface area contributed by atoms with Crippen LogP contribution in [0.3, 0.4) is 0 Å². The molecule has 3 nitrogen and oxygen atoms in total. The van der Waals surface area contributed by atoms with Gasteiger partial charge >= 0.3 is 5.97 Å². The van der Waals surface area contributed by atoms with Crippen LogP contribution in [0.25, 0.3) is 0 Å². The van der Waals surface area contributed by atoms with Gasteiger partial charge in [0.05, 0.1) is 13.2 Å². The topological polar surface area (TPSA) is 38.3 Å². The van der Waals surface area contributed by atoms with Gasteiger partial charge in [0.1, 0.15) is 5.25 Å². The Morgan fingerprint density at radius 1 is 1.71 bits per heavy atom. The van der Waals surface area contributed by atoms with Gasteiger partial charge in [0, 0.05) is 0 Å². The molecule has 5 heteroatoms. The van der Waals surface area contributed by atoms with Gasteiger partial charge in [0.2, 0.25) is 0 Å². The lowest BCUT2D eigenvalue weighted by atomic mass is 10.1. The Hall–Kier alpha value is -0.520. The average molecular weight is 231 g/mol. The quantitative estimate of drug-likeness (QED) is 0.609. The lowest BCUT2D eigenvalue weighted by molar-refractivity contribution is -0.140. The van der Waals surface area contributed by atoms with E-state index in [0.29, 0.717) is 0 Å². The molecule has 0 aromatic carbocycles. The van der Waals surface area contributed by atoms with Crippen molar-refractivity contribution in [1.29, 1.82) is 0 Å². The number of thiol groups is 1. The number of esters is 1. The fourth-order valence-corrected chi connectivity index (χ4v) is 2.34. The van der Waals surface area contributed by atoms with Crippen molar-refractivity contribution in [2.75, 3.05) is 14.2 Å². The Morgan fingerprint density at radius 3 is 2.86 bits per heavy atom. The smallest absolute Gasteiger partial charge is 0.320 e. The van der Waals surface area contributed by atoms with E-state index >= 15 is 0 Å². The molecule has 0 amide bonds. The second-order valence-electron chi connectivity index (χ2n) is 2.79. The van der Waals surface area contributed by atoms with Crippen LogP contribution in [-0.4, -0.2) is 25.4 Å². The molecule has 0 aliphatic rings. The highest BCUT2D eigenvalue weighted by Gasteiger charge is 2.25. The first-order valence-corrected chi connectivity index (χ1v) is 5.62. The van der Waals surface area contributed by atoms with Gasteiger partial charge < -0.3 is 10.1 Å². The van der Waals surface area contributed by atoms with Crippen LogP contribution < -0.4 is 5.32 Å². The second kappa shape index (κ2) is 5.38. The van der Waals surface area contributed by atoms with E-state index in [2.05, 4.69) is 22.7 Å². The predicted molar refractivity (Wildman–Crippen MR) is 60.9 cm³/mol. The molecule has 1 heterocycles. The molecule has 14 heavy (non-hydrogen) atoms. The van der Waals surface area contributed by atoms with Crippen LogP contribution in [0.1, 0.15) is 11.6 Å². The minimum absolute atomic E-state index is 0.1000. The summed E-state index contributed by atoms with van der Waals surface area (Å²) in [5.74, 6) is -0.320. The molecule has 0 fully saturated rings. The normalized spacial score (nSPS) is 14.8. The third-order valence-corrected chi connectivity index (χ3v) is 3.18. The highest BCUT2D eigenvalue weighted by atomic mass is 32.1. The Balaban J connectivity index is 2.77. The van der Waals surface area contributed by atoms with Gasteiger partial charge in [0.15, 0.2) is 0 Å². The molecule has 2 atom stereocenters. The van der Waals surface area contributed by atoms with Crippen LogP contribution in [0.5, 0.6) is 0 Å². The lowest BCUT2D eigenvalue weighted by Gasteiger charge is -2.19. The summed E-state index contributed by atoms with van der Waals surface area (Å²) in [7, 11) is 3.17. The molecule has 2 unspecified atom stereocenters. The lowest BCUT2D eigenvalue weighted by Crippen LogP contribution is -2.32. The van der Waals surface area contributed by atoms with Crippen molar-refractivity contribution in [3.8, 4) is 0 Å². The summed E-state index contributed by atoms with van der Waals surface area (Å²) in [6, 6.07) is 1.87. The predicted octanol–water partition coefficient (Wildman–Crippen LogP) is 1.48. The molecular weight excluding hydrogens is 218 g/mol.